The first-order valence-electron chi connectivity index (χ1n) is 10.3. The first-order chi connectivity index (χ1) is 14.9. The van der Waals surface area contributed by atoms with Gasteiger partial charge >= 0.3 is 5.97 Å². The van der Waals surface area contributed by atoms with Crippen LogP contribution >= 0.6 is 0 Å². The summed E-state index contributed by atoms with van der Waals surface area (Å²) in [6.07, 6.45) is 3.00. The van der Waals surface area contributed by atoms with Gasteiger partial charge in [0.2, 0.25) is 10.0 Å². The molecule has 1 saturated carbocycles. The number of nitrogens with zero attached hydrogens (tertiary/aromatic N) is 2. The van der Waals surface area contributed by atoms with Crippen LogP contribution in [-0.2, 0) is 24.3 Å². The van der Waals surface area contributed by atoms with E-state index in [0.29, 0.717) is 11.8 Å². The largest absolute Gasteiger partial charge is 0.455 e. The van der Waals surface area contributed by atoms with Gasteiger partial charge in [-0.2, -0.15) is 4.72 Å². The minimum Gasteiger partial charge on any atom is -0.455 e. The zero-order valence-corrected chi connectivity index (χ0v) is 19.5. The maximum Gasteiger partial charge on any atom is 0.321 e. The molecule has 1 fully saturated rings. The monoisotopic (exact) mass is 470 g/mol. The van der Waals surface area contributed by atoms with Gasteiger partial charge in [0, 0.05) is 26.2 Å². The molecule has 1 aromatic carbocycles. The number of carbonyl (C=O) groups is 2. The molecule has 1 aliphatic rings. The van der Waals surface area contributed by atoms with Crippen LogP contribution in [-0.4, -0.2) is 58.5 Å². The molecule has 0 bridgehead atoms. The molecule has 0 aromatic heterocycles. The second-order valence-corrected chi connectivity index (χ2v) is 10.00. The van der Waals surface area contributed by atoms with Crippen molar-refractivity contribution in [1.82, 2.24) is 10.0 Å². The second-order valence-electron chi connectivity index (χ2n) is 8.23. The highest BCUT2D eigenvalue weighted by atomic mass is 32.2. The minimum absolute atomic E-state index is 0.0179. The lowest BCUT2D eigenvalue weighted by atomic mass is 9.78. The third-order valence-electron chi connectivity index (χ3n) is 5.76. The van der Waals surface area contributed by atoms with Crippen molar-refractivity contribution < 1.29 is 27.7 Å². The first kappa shape index (κ1) is 25.5. The first-order valence-corrected chi connectivity index (χ1v) is 11.8. The summed E-state index contributed by atoms with van der Waals surface area (Å²) in [5.74, 6) is -0.568. The molecule has 1 aliphatic carbocycles. The Kier molecular flexibility index (Phi) is 8.56. The topological polar surface area (TPSA) is 148 Å². The fourth-order valence-corrected chi connectivity index (χ4v) is 4.65. The van der Waals surface area contributed by atoms with Crippen molar-refractivity contribution in [2.24, 2.45) is 11.8 Å². The molecular weight excluding hydrogens is 440 g/mol. The summed E-state index contributed by atoms with van der Waals surface area (Å²) in [6.45, 7) is 2.99. The van der Waals surface area contributed by atoms with Gasteiger partial charge in [-0.15, -0.1) is 0 Å². The number of nitro groups is 1. The van der Waals surface area contributed by atoms with E-state index >= 15 is 0 Å². The summed E-state index contributed by atoms with van der Waals surface area (Å²) in [7, 11) is -1.02. The summed E-state index contributed by atoms with van der Waals surface area (Å²) in [6, 6.07) is 3.45. The molecule has 0 spiro atoms. The second kappa shape index (κ2) is 10.7. The van der Waals surface area contributed by atoms with Crippen molar-refractivity contribution in [3.05, 3.63) is 28.3 Å². The van der Waals surface area contributed by atoms with E-state index in [1.54, 1.807) is 14.1 Å². The Morgan fingerprint density at radius 2 is 1.94 bits per heavy atom. The van der Waals surface area contributed by atoms with Crippen LogP contribution in [0, 0.1) is 22.0 Å². The van der Waals surface area contributed by atoms with Gasteiger partial charge in [-0.05, 0) is 30.4 Å². The highest BCUT2D eigenvalue weighted by Gasteiger charge is 2.28. The van der Waals surface area contributed by atoms with Crippen LogP contribution in [0.2, 0.25) is 0 Å². The third kappa shape index (κ3) is 6.63. The molecule has 0 radical (unpaired) electrons. The molecule has 2 N–H and O–H groups in total. The van der Waals surface area contributed by atoms with Crippen molar-refractivity contribution in [2.75, 3.05) is 32.1 Å². The van der Waals surface area contributed by atoms with Gasteiger partial charge in [0.25, 0.3) is 11.6 Å². The molecule has 1 aromatic rings. The molecular formula is C20H30N4O7S. The summed E-state index contributed by atoms with van der Waals surface area (Å²) < 4.78 is 31.7. The SMILES string of the molecule is CC1CCCC(NC(=O)COC(=O)CNS(=O)(=O)c2ccc(N(C)C)c([N+](=O)[O-])c2)C1C. The number of benzene rings is 1. The van der Waals surface area contributed by atoms with Crippen LogP contribution in [0.4, 0.5) is 11.4 Å². The van der Waals surface area contributed by atoms with Crippen LogP contribution < -0.4 is 14.9 Å². The Labute approximate surface area is 187 Å². The van der Waals surface area contributed by atoms with Gasteiger partial charge in [-0.25, -0.2) is 8.42 Å². The van der Waals surface area contributed by atoms with Crippen LogP contribution in [0.1, 0.15) is 33.1 Å². The Morgan fingerprint density at radius 1 is 1.25 bits per heavy atom. The van der Waals surface area contributed by atoms with Gasteiger partial charge in [-0.1, -0.05) is 26.7 Å². The average Bonchev–Trinajstić information content (AvgIpc) is 2.73. The van der Waals surface area contributed by atoms with Crippen molar-refractivity contribution in [2.45, 2.75) is 44.0 Å². The van der Waals surface area contributed by atoms with Gasteiger partial charge in [0.15, 0.2) is 6.61 Å². The summed E-state index contributed by atoms with van der Waals surface area (Å²) in [5.41, 5.74) is -0.149. The van der Waals surface area contributed by atoms with Gasteiger partial charge < -0.3 is 15.0 Å². The van der Waals surface area contributed by atoms with E-state index in [1.165, 1.54) is 17.0 Å². The lowest BCUT2D eigenvalue weighted by Gasteiger charge is -2.34. The lowest BCUT2D eigenvalue weighted by Crippen LogP contribution is -2.45. The van der Waals surface area contributed by atoms with E-state index < -0.39 is 40.0 Å². The van der Waals surface area contributed by atoms with E-state index in [-0.39, 0.29) is 22.3 Å². The summed E-state index contributed by atoms with van der Waals surface area (Å²) in [4.78, 5) is 35.7. The molecule has 2 rings (SSSR count). The number of nitro benzene ring substituents is 1. The normalized spacial score (nSPS) is 20.9. The van der Waals surface area contributed by atoms with Crippen molar-refractivity contribution >= 4 is 33.3 Å². The highest BCUT2D eigenvalue weighted by Crippen LogP contribution is 2.30. The number of amides is 1. The predicted molar refractivity (Wildman–Crippen MR) is 118 cm³/mol. The predicted octanol–water partition coefficient (Wildman–Crippen LogP) is 1.42. The fraction of sp³-hybridized carbons (Fsp3) is 0.600. The Hall–Kier alpha value is -2.73. The molecule has 3 atom stereocenters. The summed E-state index contributed by atoms with van der Waals surface area (Å²) >= 11 is 0. The molecule has 11 nitrogen and oxygen atoms in total. The molecule has 3 unspecified atom stereocenters. The Morgan fingerprint density at radius 3 is 2.56 bits per heavy atom. The van der Waals surface area contributed by atoms with E-state index in [4.69, 9.17) is 4.74 Å². The summed E-state index contributed by atoms with van der Waals surface area (Å²) in [5, 5.41) is 14.1. The van der Waals surface area contributed by atoms with Crippen LogP contribution in [0.15, 0.2) is 23.1 Å². The number of rotatable bonds is 9. The number of ether oxygens (including phenoxy) is 1. The number of hydrogen-bond acceptors (Lipinski definition) is 8. The number of anilines is 1. The third-order valence-corrected chi connectivity index (χ3v) is 7.16. The number of esters is 1. The Bertz CT molecular complexity index is 965. The van der Waals surface area contributed by atoms with E-state index in [0.717, 1.165) is 25.3 Å². The molecule has 0 heterocycles. The van der Waals surface area contributed by atoms with E-state index in [9.17, 15) is 28.1 Å². The maximum atomic E-state index is 12.4. The quantitative estimate of drug-likeness (QED) is 0.313. The van der Waals surface area contributed by atoms with Crippen molar-refractivity contribution in [1.29, 1.82) is 0 Å². The number of sulfonamides is 1. The standard InChI is InChI=1S/C20H30N4O7S/c1-13-6-5-7-16(14(13)2)22-19(25)12-31-20(26)11-21-32(29,30)15-8-9-17(23(3)4)18(10-15)24(27)28/h8-10,13-14,16,21H,5-7,11-12H2,1-4H3,(H,22,25). The van der Waals surface area contributed by atoms with E-state index in [2.05, 4.69) is 19.2 Å². The zero-order valence-electron chi connectivity index (χ0n) is 18.7. The average molecular weight is 471 g/mol. The maximum absolute atomic E-state index is 12.4. The molecule has 12 heteroatoms. The van der Waals surface area contributed by atoms with Gasteiger partial charge in [-0.3, -0.25) is 19.7 Å². The minimum atomic E-state index is -4.20. The van der Waals surface area contributed by atoms with Crippen LogP contribution in [0.3, 0.4) is 0 Å². The number of carbonyl (C=O) groups excluding carboxylic acids is 2. The lowest BCUT2D eigenvalue weighted by molar-refractivity contribution is -0.384. The number of nitrogens with one attached hydrogen (secondary N) is 2. The van der Waals surface area contributed by atoms with Crippen molar-refractivity contribution in [3.63, 3.8) is 0 Å². The molecule has 178 valence electrons. The number of hydrogen-bond donors (Lipinski definition) is 2. The Balaban J connectivity index is 1.90. The molecule has 32 heavy (non-hydrogen) atoms. The van der Waals surface area contributed by atoms with Gasteiger partial charge in [0.05, 0.1) is 9.82 Å². The molecule has 0 saturated heterocycles. The van der Waals surface area contributed by atoms with Crippen LogP contribution in [0.5, 0.6) is 0 Å². The van der Waals surface area contributed by atoms with Crippen molar-refractivity contribution in [3.8, 4) is 0 Å². The van der Waals surface area contributed by atoms with Crippen LogP contribution in [0.25, 0.3) is 0 Å². The van der Waals surface area contributed by atoms with Gasteiger partial charge in [0.1, 0.15) is 12.2 Å². The molecule has 1 amide bonds. The molecule has 0 aliphatic heterocycles. The van der Waals surface area contributed by atoms with E-state index in [1.807, 2.05) is 4.72 Å². The highest BCUT2D eigenvalue weighted by molar-refractivity contribution is 7.89. The smallest absolute Gasteiger partial charge is 0.321 e. The fourth-order valence-electron chi connectivity index (χ4n) is 3.66. The zero-order chi connectivity index (χ0) is 24.1.